The zero-order valence-electron chi connectivity index (χ0n) is 17.4. The van der Waals surface area contributed by atoms with Gasteiger partial charge in [0.05, 0.1) is 30.7 Å². The molecule has 2 aliphatic rings. The van der Waals surface area contributed by atoms with E-state index in [4.69, 9.17) is 19.6 Å². The molecule has 2 aliphatic heterocycles. The summed E-state index contributed by atoms with van der Waals surface area (Å²) in [7, 11) is 0. The molecule has 160 valence electrons. The van der Waals surface area contributed by atoms with Gasteiger partial charge in [0, 0.05) is 11.1 Å². The molecule has 7 nitrogen and oxygen atoms in total. The smallest absolute Gasteiger partial charge is 0.244 e. The Morgan fingerprint density at radius 1 is 1.06 bits per heavy atom. The monoisotopic (exact) mass is 430 g/mol. The minimum atomic E-state index is -2.11. The molecule has 0 spiro atoms. The quantitative estimate of drug-likeness (QED) is 0.770. The Morgan fingerprint density at radius 3 is 2.31 bits per heavy atom. The number of fused-ring (bicyclic) bond motifs is 2. The second-order valence-electron chi connectivity index (χ2n) is 7.75. The van der Waals surface area contributed by atoms with Crippen LogP contribution in [-0.2, 0) is 15.3 Å². The number of para-hydroxylation sites is 1. The average molecular weight is 430 g/mol. The fourth-order valence-electron chi connectivity index (χ4n) is 4.81. The summed E-state index contributed by atoms with van der Waals surface area (Å²) in [4.78, 5) is 0. The minimum absolute atomic E-state index is 0.324. The van der Waals surface area contributed by atoms with Gasteiger partial charge in [-0.1, -0.05) is 25.1 Å². The van der Waals surface area contributed by atoms with Gasteiger partial charge in [-0.25, -0.2) is 4.39 Å². The Balaban J connectivity index is 2.04. The second-order valence-corrected chi connectivity index (χ2v) is 7.75. The average Bonchev–Trinajstić information content (AvgIpc) is 2.96. The molecule has 4 unspecified atom stereocenters. The van der Waals surface area contributed by atoms with Crippen molar-refractivity contribution in [2.75, 3.05) is 6.61 Å². The molecular formula is C24H19FN4O3. The minimum Gasteiger partial charge on any atom is -0.493 e. The Morgan fingerprint density at radius 2 is 1.72 bits per heavy atom. The lowest BCUT2D eigenvalue weighted by atomic mass is 9.53. The molecule has 2 bridgehead atoms. The van der Waals surface area contributed by atoms with Crippen LogP contribution in [0.15, 0.2) is 48.5 Å². The summed E-state index contributed by atoms with van der Waals surface area (Å²) >= 11 is 0. The number of nitrogens with one attached hydrogen (secondary N) is 1. The van der Waals surface area contributed by atoms with E-state index in [1.807, 2.05) is 12.1 Å². The topological polar surface area (TPSA) is 123 Å². The molecule has 0 amide bonds. The third kappa shape index (κ3) is 2.43. The van der Waals surface area contributed by atoms with E-state index in [-0.39, 0.29) is 0 Å². The lowest BCUT2D eigenvalue weighted by Crippen LogP contribution is -2.57. The van der Waals surface area contributed by atoms with Crippen molar-refractivity contribution in [2.45, 2.75) is 25.7 Å². The Hall–Kier alpha value is -3.93. The predicted molar refractivity (Wildman–Crippen MR) is 109 cm³/mol. The molecule has 8 heteroatoms. The van der Waals surface area contributed by atoms with Crippen LogP contribution in [0.25, 0.3) is 0 Å². The summed E-state index contributed by atoms with van der Waals surface area (Å²) < 4.78 is 31.7. The van der Waals surface area contributed by atoms with Crippen molar-refractivity contribution in [3.05, 3.63) is 65.5 Å². The fraction of sp³-hybridized carbons (Fsp3) is 0.333. The van der Waals surface area contributed by atoms with Crippen LogP contribution in [0.2, 0.25) is 0 Å². The van der Waals surface area contributed by atoms with Crippen LogP contribution in [0.1, 0.15) is 31.1 Å². The van der Waals surface area contributed by atoms with E-state index >= 15 is 0 Å². The number of hydrogen-bond acceptors (Lipinski definition) is 7. The highest BCUT2D eigenvalue weighted by atomic mass is 19.1. The third-order valence-electron chi connectivity index (χ3n) is 6.42. The van der Waals surface area contributed by atoms with Crippen LogP contribution in [0.5, 0.6) is 5.75 Å². The first-order valence-corrected chi connectivity index (χ1v) is 10.0. The fourth-order valence-corrected chi connectivity index (χ4v) is 4.81. The maximum Gasteiger partial charge on any atom is 0.244 e. The van der Waals surface area contributed by atoms with Crippen molar-refractivity contribution in [3.63, 3.8) is 0 Å². The summed E-state index contributed by atoms with van der Waals surface area (Å²) in [6.07, 6.45) is -1.29. The van der Waals surface area contributed by atoms with Crippen molar-refractivity contribution in [1.29, 1.82) is 21.2 Å². The van der Waals surface area contributed by atoms with Gasteiger partial charge >= 0.3 is 0 Å². The molecule has 4 rings (SSSR count). The van der Waals surface area contributed by atoms with Gasteiger partial charge in [0.1, 0.15) is 17.7 Å². The highest BCUT2D eigenvalue weighted by Crippen LogP contribution is 2.69. The van der Waals surface area contributed by atoms with E-state index in [1.54, 1.807) is 38.1 Å². The summed E-state index contributed by atoms with van der Waals surface area (Å²) in [6.45, 7) is 3.72. The van der Waals surface area contributed by atoms with E-state index in [2.05, 4.69) is 6.07 Å². The molecule has 0 radical (unpaired) electrons. The van der Waals surface area contributed by atoms with Crippen molar-refractivity contribution in [2.24, 2.45) is 16.7 Å². The predicted octanol–water partition coefficient (Wildman–Crippen LogP) is 4.34. The number of ether oxygens (including phenoxy) is 3. The van der Waals surface area contributed by atoms with Gasteiger partial charge < -0.3 is 14.2 Å². The summed E-state index contributed by atoms with van der Waals surface area (Å²) in [5, 5.41) is 39.5. The van der Waals surface area contributed by atoms with Crippen LogP contribution in [-0.4, -0.2) is 12.5 Å². The number of benzene rings is 2. The van der Waals surface area contributed by atoms with Crippen molar-refractivity contribution >= 4 is 5.90 Å². The van der Waals surface area contributed by atoms with E-state index in [0.717, 1.165) is 0 Å². The van der Waals surface area contributed by atoms with Gasteiger partial charge in [-0.05, 0) is 37.3 Å². The van der Waals surface area contributed by atoms with Gasteiger partial charge in [0.25, 0.3) is 0 Å². The first-order valence-electron chi connectivity index (χ1n) is 10.0. The lowest BCUT2D eigenvalue weighted by Gasteiger charge is -2.49. The standard InChI is InChI=1S/C24H19FN4O3/c1-3-30-19-7-5-4-6-18(19)20-22(12-26,13-27)23(14-28)15(2)24(31-20,32-21(23)29)16-8-10-17(25)11-9-16/h4-11,15,20,29H,3H2,1-2H3. The number of nitriles is 3. The first-order chi connectivity index (χ1) is 15.4. The number of halogens is 1. The molecule has 32 heavy (non-hydrogen) atoms. The number of hydrogen-bond donors (Lipinski definition) is 1. The molecule has 2 fully saturated rings. The van der Waals surface area contributed by atoms with Crippen molar-refractivity contribution in [3.8, 4) is 24.0 Å². The second kappa shape index (κ2) is 7.34. The van der Waals surface area contributed by atoms with Crippen LogP contribution >= 0.6 is 0 Å². The van der Waals surface area contributed by atoms with E-state index in [9.17, 15) is 20.2 Å². The summed E-state index contributed by atoms with van der Waals surface area (Å²) in [5.74, 6) is -3.22. The Kier molecular flexibility index (Phi) is 4.89. The van der Waals surface area contributed by atoms with Gasteiger partial charge in [0.2, 0.25) is 17.1 Å². The lowest BCUT2D eigenvalue weighted by molar-refractivity contribution is -0.288. The Labute approximate surface area is 184 Å². The van der Waals surface area contributed by atoms with Crippen LogP contribution in [0.3, 0.4) is 0 Å². The van der Waals surface area contributed by atoms with E-state index in [1.165, 1.54) is 24.3 Å². The zero-order valence-corrected chi connectivity index (χ0v) is 17.4. The molecule has 2 saturated heterocycles. The normalized spacial score (nSPS) is 29.8. The van der Waals surface area contributed by atoms with Crippen molar-refractivity contribution < 1.29 is 18.6 Å². The van der Waals surface area contributed by atoms with Gasteiger partial charge in [-0.15, -0.1) is 0 Å². The molecule has 0 saturated carbocycles. The molecule has 0 aromatic heterocycles. The summed E-state index contributed by atoms with van der Waals surface area (Å²) in [6, 6.07) is 18.2. The molecule has 4 atom stereocenters. The highest BCUT2D eigenvalue weighted by molar-refractivity contribution is 5.89. The van der Waals surface area contributed by atoms with Crippen LogP contribution in [0, 0.1) is 62.0 Å². The first kappa shape index (κ1) is 21.3. The SMILES string of the molecule is CCOc1ccccc1C1OC2(c3ccc(F)cc3)OC(=N)C(C#N)(C2C)C1(C#N)C#N. The van der Waals surface area contributed by atoms with Crippen LogP contribution in [0.4, 0.5) is 4.39 Å². The Bertz CT molecular complexity index is 1200. The number of nitrogens with zero attached hydrogens (tertiary/aromatic N) is 3. The van der Waals surface area contributed by atoms with Crippen LogP contribution < -0.4 is 4.74 Å². The largest absolute Gasteiger partial charge is 0.493 e. The highest BCUT2D eigenvalue weighted by Gasteiger charge is 2.80. The number of rotatable bonds is 4. The molecule has 1 N–H and O–H groups in total. The zero-order chi connectivity index (χ0) is 23.1. The maximum atomic E-state index is 13.6. The third-order valence-corrected chi connectivity index (χ3v) is 6.42. The van der Waals surface area contributed by atoms with E-state index in [0.29, 0.717) is 23.5 Å². The van der Waals surface area contributed by atoms with Gasteiger partial charge in [-0.3, -0.25) is 5.41 Å². The van der Waals surface area contributed by atoms with Crippen molar-refractivity contribution in [1.82, 2.24) is 0 Å². The van der Waals surface area contributed by atoms with Gasteiger partial charge in [-0.2, -0.15) is 15.8 Å². The molecule has 2 aromatic carbocycles. The molecule has 0 aliphatic carbocycles. The molecule has 2 heterocycles. The maximum absolute atomic E-state index is 13.6. The summed E-state index contributed by atoms with van der Waals surface area (Å²) in [5.41, 5.74) is -3.29. The molecule has 2 aromatic rings. The van der Waals surface area contributed by atoms with E-state index < -0.39 is 40.4 Å². The molecular weight excluding hydrogens is 411 g/mol. The van der Waals surface area contributed by atoms with Gasteiger partial charge in [0.15, 0.2) is 5.41 Å².